The second-order valence-electron chi connectivity index (χ2n) is 10.6. The number of alkyl carbamates (subject to hydrolysis) is 1. The molecule has 194 valence electrons. The zero-order valence-electron chi connectivity index (χ0n) is 21.3. The van der Waals surface area contributed by atoms with E-state index in [9.17, 15) is 14.4 Å². The van der Waals surface area contributed by atoms with Crippen LogP contribution in [-0.2, 0) is 14.3 Å². The second kappa shape index (κ2) is 10.6. The van der Waals surface area contributed by atoms with E-state index in [1.165, 1.54) is 0 Å². The van der Waals surface area contributed by atoms with Crippen LogP contribution in [-0.4, -0.2) is 74.1 Å². The molecule has 2 aromatic heterocycles. The highest BCUT2D eigenvalue weighted by Gasteiger charge is 2.37. The van der Waals surface area contributed by atoms with E-state index >= 15 is 0 Å². The van der Waals surface area contributed by atoms with Crippen molar-refractivity contribution in [1.82, 2.24) is 30.2 Å². The van der Waals surface area contributed by atoms with E-state index in [1.54, 1.807) is 48.9 Å². The van der Waals surface area contributed by atoms with Crippen LogP contribution in [0.5, 0.6) is 0 Å². The Bertz CT molecular complexity index is 1080. The fraction of sp³-hybridized carbons (Fsp3) is 0.600. The first kappa shape index (κ1) is 25.6. The molecule has 2 fully saturated rings. The molecule has 0 bridgehead atoms. The number of aromatic nitrogens is 3. The summed E-state index contributed by atoms with van der Waals surface area (Å²) in [6.07, 6.45) is 3.02. The van der Waals surface area contributed by atoms with Gasteiger partial charge in [-0.1, -0.05) is 18.1 Å². The largest absolute Gasteiger partial charge is 0.444 e. The lowest BCUT2D eigenvalue weighted by atomic mass is 10.1. The first-order chi connectivity index (χ1) is 17.1. The molecule has 36 heavy (non-hydrogen) atoms. The van der Waals surface area contributed by atoms with Crippen molar-refractivity contribution in [2.24, 2.45) is 5.92 Å². The third kappa shape index (κ3) is 6.38. The molecular weight excluding hydrogens is 464 g/mol. The van der Waals surface area contributed by atoms with E-state index in [4.69, 9.17) is 9.26 Å². The lowest BCUT2D eigenvalue weighted by molar-refractivity contribution is -0.134. The van der Waals surface area contributed by atoms with E-state index in [0.717, 1.165) is 6.42 Å². The van der Waals surface area contributed by atoms with Gasteiger partial charge in [0, 0.05) is 38.7 Å². The van der Waals surface area contributed by atoms with Crippen molar-refractivity contribution in [3.05, 3.63) is 30.3 Å². The molecule has 11 heteroatoms. The van der Waals surface area contributed by atoms with E-state index in [-0.39, 0.29) is 36.7 Å². The number of pyridine rings is 1. The molecule has 0 radical (unpaired) electrons. The summed E-state index contributed by atoms with van der Waals surface area (Å²) in [6, 6.07) is 4.50. The van der Waals surface area contributed by atoms with Crippen molar-refractivity contribution in [3.63, 3.8) is 0 Å². The number of nitrogens with zero attached hydrogens (tertiary/aromatic N) is 5. The van der Waals surface area contributed by atoms with Crippen LogP contribution in [0.15, 0.2) is 28.9 Å². The zero-order chi connectivity index (χ0) is 25.9. The Labute approximate surface area is 210 Å². The van der Waals surface area contributed by atoms with Crippen LogP contribution >= 0.6 is 0 Å². The van der Waals surface area contributed by atoms with E-state index < -0.39 is 17.7 Å². The molecule has 1 N–H and O–H groups in total. The van der Waals surface area contributed by atoms with E-state index in [0.29, 0.717) is 43.3 Å². The number of carbonyl (C=O) groups is 3. The molecule has 3 amide bonds. The molecule has 4 rings (SSSR count). The van der Waals surface area contributed by atoms with Crippen LogP contribution in [0.1, 0.15) is 65.3 Å². The molecule has 4 heterocycles. The van der Waals surface area contributed by atoms with Crippen LogP contribution < -0.4 is 5.32 Å². The first-order valence-corrected chi connectivity index (χ1v) is 12.4. The molecule has 2 aliphatic heterocycles. The average Bonchev–Trinajstić information content (AvgIpc) is 3.53. The molecule has 0 aromatic carbocycles. The van der Waals surface area contributed by atoms with Gasteiger partial charge in [-0.15, -0.1) is 0 Å². The highest BCUT2D eigenvalue weighted by atomic mass is 16.6. The van der Waals surface area contributed by atoms with Crippen molar-refractivity contribution < 1.29 is 23.6 Å². The van der Waals surface area contributed by atoms with E-state index in [2.05, 4.69) is 20.4 Å². The highest BCUT2D eigenvalue weighted by Crippen LogP contribution is 2.32. The van der Waals surface area contributed by atoms with Gasteiger partial charge in [-0.2, -0.15) is 4.98 Å². The quantitative estimate of drug-likeness (QED) is 0.617. The van der Waals surface area contributed by atoms with Gasteiger partial charge >= 0.3 is 6.09 Å². The highest BCUT2D eigenvalue weighted by molar-refractivity contribution is 5.80. The Hall–Kier alpha value is -3.50. The third-order valence-electron chi connectivity index (χ3n) is 6.18. The molecule has 2 saturated heterocycles. The molecule has 3 atom stereocenters. The van der Waals surface area contributed by atoms with Gasteiger partial charge in [0.05, 0.1) is 6.04 Å². The number of nitrogens with one attached hydrogen (secondary N) is 1. The van der Waals surface area contributed by atoms with Crippen LogP contribution in [0.2, 0.25) is 0 Å². The number of hydrogen-bond donors (Lipinski definition) is 1. The van der Waals surface area contributed by atoms with Crippen molar-refractivity contribution in [3.8, 4) is 11.5 Å². The average molecular weight is 499 g/mol. The molecule has 0 spiro atoms. The SMILES string of the molecule is C[C@@H]1CC(=O)N(C[C@H](CC(=O)N2CCC[C@H]2c2nc(-c3ccccn3)no2)NC(=O)OC(C)(C)C)C1. The summed E-state index contributed by atoms with van der Waals surface area (Å²) in [4.78, 5) is 50.5. The first-order valence-electron chi connectivity index (χ1n) is 12.4. The normalized spacial score (nSPS) is 21.1. The minimum absolute atomic E-state index is 0.0230. The Balaban J connectivity index is 1.46. The topological polar surface area (TPSA) is 131 Å². The zero-order valence-corrected chi connectivity index (χ0v) is 21.3. The minimum Gasteiger partial charge on any atom is -0.444 e. The predicted molar refractivity (Wildman–Crippen MR) is 129 cm³/mol. The number of amides is 3. The predicted octanol–water partition coefficient (Wildman–Crippen LogP) is 2.95. The van der Waals surface area contributed by atoms with Crippen molar-refractivity contribution in [2.45, 2.75) is 71.1 Å². The summed E-state index contributed by atoms with van der Waals surface area (Å²) in [7, 11) is 0. The van der Waals surface area contributed by atoms with Gasteiger partial charge in [-0.25, -0.2) is 4.79 Å². The maximum absolute atomic E-state index is 13.4. The van der Waals surface area contributed by atoms with Crippen LogP contribution in [0.3, 0.4) is 0 Å². The van der Waals surface area contributed by atoms with Crippen LogP contribution in [0.25, 0.3) is 11.5 Å². The van der Waals surface area contributed by atoms with Crippen molar-refractivity contribution >= 4 is 17.9 Å². The summed E-state index contributed by atoms with van der Waals surface area (Å²) in [5.41, 5.74) is -0.0885. The van der Waals surface area contributed by atoms with Gasteiger partial charge in [-0.05, 0) is 51.7 Å². The number of ether oxygens (including phenoxy) is 1. The Kier molecular flexibility index (Phi) is 7.56. The number of carbonyl (C=O) groups excluding carboxylic acids is 3. The second-order valence-corrected chi connectivity index (χ2v) is 10.6. The summed E-state index contributed by atoms with van der Waals surface area (Å²) < 4.78 is 10.9. The smallest absolute Gasteiger partial charge is 0.407 e. The van der Waals surface area contributed by atoms with Gasteiger partial charge in [0.15, 0.2) is 0 Å². The lowest BCUT2D eigenvalue weighted by Crippen LogP contribution is -2.48. The summed E-state index contributed by atoms with van der Waals surface area (Å²) in [5.74, 6) is 0.843. The van der Waals surface area contributed by atoms with Gasteiger partial charge < -0.3 is 24.4 Å². The van der Waals surface area contributed by atoms with Crippen molar-refractivity contribution in [1.29, 1.82) is 0 Å². The number of likely N-dealkylation sites (tertiary alicyclic amines) is 2. The summed E-state index contributed by atoms with van der Waals surface area (Å²) in [5, 5.41) is 6.85. The van der Waals surface area contributed by atoms with Gasteiger partial charge in [0.1, 0.15) is 17.3 Å². The molecule has 0 aliphatic carbocycles. The standard InChI is InChI=1S/C25H34N6O5/c1-16-12-20(32)30(14-16)15-17(27-24(34)35-25(2,3)4)13-21(33)31-11-7-9-19(31)23-28-22(29-36-23)18-8-5-6-10-26-18/h5-6,8,10,16-17,19H,7,9,11-15H2,1-4H3,(H,27,34)/t16-,17+,19+/m1/s1. The summed E-state index contributed by atoms with van der Waals surface area (Å²) in [6.45, 7) is 8.73. The Morgan fingerprint density at radius 3 is 2.78 bits per heavy atom. The maximum Gasteiger partial charge on any atom is 0.407 e. The van der Waals surface area contributed by atoms with Crippen molar-refractivity contribution in [2.75, 3.05) is 19.6 Å². The van der Waals surface area contributed by atoms with Gasteiger partial charge in [0.25, 0.3) is 0 Å². The number of rotatable bonds is 7. The summed E-state index contributed by atoms with van der Waals surface area (Å²) >= 11 is 0. The minimum atomic E-state index is -0.681. The molecule has 2 aromatic rings. The van der Waals surface area contributed by atoms with Crippen LogP contribution in [0.4, 0.5) is 4.79 Å². The van der Waals surface area contributed by atoms with Gasteiger partial charge in [0.2, 0.25) is 23.5 Å². The molecular formula is C25H34N6O5. The third-order valence-corrected chi connectivity index (χ3v) is 6.18. The Morgan fingerprint density at radius 1 is 1.31 bits per heavy atom. The van der Waals surface area contributed by atoms with Crippen LogP contribution in [0, 0.1) is 5.92 Å². The molecule has 11 nitrogen and oxygen atoms in total. The molecule has 0 unspecified atom stereocenters. The fourth-order valence-corrected chi connectivity index (χ4v) is 4.67. The monoisotopic (exact) mass is 498 g/mol. The Morgan fingerprint density at radius 2 is 2.11 bits per heavy atom. The van der Waals surface area contributed by atoms with Gasteiger partial charge in [-0.3, -0.25) is 14.6 Å². The number of hydrogen-bond acceptors (Lipinski definition) is 8. The molecule has 0 saturated carbocycles. The lowest BCUT2D eigenvalue weighted by Gasteiger charge is -2.29. The van der Waals surface area contributed by atoms with E-state index in [1.807, 2.05) is 13.0 Å². The molecule has 2 aliphatic rings. The fourth-order valence-electron chi connectivity index (χ4n) is 4.67. The maximum atomic E-state index is 13.4.